The molecule has 4 heteroatoms. The Bertz CT molecular complexity index is 432. The molecule has 0 spiro atoms. The molecule has 0 aromatic heterocycles. The second-order valence-electron chi connectivity index (χ2n) is 3.06. The minimum atomic E-state index is -1.03. The summed E-state index contributed by atoms with van der Waals surface area (Å²) < 4.78 is 0. The van der Waals surface area contributed by atoms with Crippen LogP contribution >= 0.6 is 0 Å². The zero-order chi connectivity index (χ0) is 11.4. The molecule has 78 valence electrons. The van der Waals surface area contributed by atoms with Crippen LogP contribution in [-0.2, 0) is 4.79 Å². The maximum absolute atomic E-state index is 10.6. The molecule has 0 fully saturated rings. The van der Waals surface area contributed by atoms with E-state index < -0.39 is 11.9 Å². The van der Waals surface area contributed by atoms with Gasteiger partial charge in [-0.25, -0.2) is 9.59 Å². The number of hydrogen-bond acceptors (Lipinski definition) is 2. The van der Waals surface area contributed by atoms with Crippen LogP contribution in [0.4, 0.5) is 0 Å². The molecule has 1 rings (SSSR count). The Morgan fingerprint density at radius 2 is 1.93 bits per heavy atom. The molecule has 0 aliphatic heterocycles. The minimum absolute atomic E-state index is 0.141. The number of aromatic carboxylic acids is 1. The first-order valence-electron chi connectivity index (χ1n) is 4.25. The van der Waals surface area contributed by atoms with Crippen molar-refractivity contribution in [3.05, 3.63) is 41.0 Å². The fraction of sp³-hybridized carbons (Fsp3) is 0.0909. The van der Waals surface area contributed by atoms with E-state index in [4.69, 9.17) is 10.2 Å². The molecule has 2 N–H and O–H groups in total. The van der Waals surface area contributed by atoms with Gasteiger partial charge in [0.2, 0.25) is 0 Å². The SMILES string of the molecule is C/C(=C\c1cccc(C(=O)O)c1)C(=O)O. The smallest absolute Gasteiger partial charge is 0.335 e. The van der Waals surface area contributed by atoms with Crippen molar-refractivity contribution in [2.45, 2.75) is 6.92 Å². The lowest BCUT2D eigenvalue weighted by Gasteiger charge is -1.98. The average Bonchev–Trinajstić information content (AvgIpc) is 2.18. The Morgan fingerprint density at radius 3 is 2.47 bits per heavy atom. The van der Waals surface area contributed by atoms with Crippen molar-refractivity contribution < 1.29 is 19.8 Å². The Morgan fingerprint density at radius 1 is 1.27 bits per heavy atom. The summed E-state index contributed by atoms with van der Waals surface area (Å²) in [6.45, 7) is 1.45. The van der Waals surface area contributed by atoms with Crippen molar-refractivity contribution in [1.82, 2.24) is 0 Å². The van der Waals surface area contributed by atoms with Crippen LogP contribution in [0.1, 0.15) is 22.8 Å². The minimum Gasteiger partial charge on any atom is -0.478 e. The number of aliphatic carboxylic acids is 1. The van der Waals surface area contributed by atoms with Crippen LogP contribution in [0.2, 0.25) is 0 Å². The van der Waals surface area contributed by atoms with E-state index in [0.717, 1.165) is 0 Å². The lowest BCUT2D eigenvalue weighted by Crippen LogP contribution is -1.97. The Balaban J connectivity index is 3.06. The summed E-state index contributed by atoms with van der Waals surface area (Å²) in [5, 5.41) is 17.4. The molecule has 0 aliphatic rings. The van der Waals surface area contributed by atoms with E-state index in [1.165, 1.54) is 25.1 Å². The summed E-state index contributed by atoms with van der Waals surface area (Å²) in [5.74, 6) is -2.05. The second kappa shape index (κ2) is 4.41. The van der Waals surface area contributed by atoms with Gasteiger partial charge in [0, 0.05) is 5.57 Å². The molecular formula is C11H10O4. The molecule has 0 saturated heterocycles. The molecule has 0 amide bonds. The number of hydrogen-bond donors (Lipinski definition) is 2. The first kappa shape index (κ1) is 11.0. The number of carboxylic acids is 2. The molecule has 4 nitrogen and oxygen atoms in total. The zero-order valence-corrected chi connectivity index (χ0v) is 8.10. The van der Waals surface area contributed by atoms with Crippen LogP contribution in [0.25, 0.3) is 6.08 Å². The van der Waals surface area contributed by atoms with Crippen LogP contribution in [0.15, 0.2) is 29.8 Å². The number of benzene rings is 1. The van der Waals surface area contributed by atoms with Crippen molar-refractivity contribution in [1.29, 1.82) is 0 Å². The molecule has 1 aromatic carbocycles. The van der Waals surface area contributed by atoms with Gasteiger partial charge in [-0.15, -0.1) is 0 Å². The first-order chi connectivity index (χ1) is 7.00. The summed E-state index contributed by atoms with van der Waals surface area (Å²) in [6.07, 6.45) is 1.43. The van der Waals surface area contributed by atoms with Gasteiger partial charge < -0.3 is 10.2 Å². The molecule has 0 heterocycles. The number of carboxylic acid groups (broad SMARTS) is 2. The van der Waals surface area contributed by atoms with Crippen molar-refractivity contribution >= 4 is 18.0 Å². The lowest BCUT2D eigenvalue weighted by molar-refractivity contribution is -0.132. The molecule has 0 atom stereocenters. The molecule has 0 saturated carbocycles. The summed E-state index contributed by atoms with van der Waals surface area (Å²) in [7, 11) is 0. The van der Waals surface area contributed by atoms with E-state index in [1.807, 2.05) is 0 Å². The van der Waals surface area contributed by atoms with E-state index in [1.54, 1.807) is 12.1 Å². The van der Waals surface area contributed by atoms with Gasteiger partial charge in [-0.05, 0) is 30.7 Å². The zero-order valence-electron chi connectivity index (χ0n) is 8.10. The van der Waals surface area contributed by atoms with Crippen LogP contribution in [0.5, 0.6) is 0 Å². The maximum atomic E-state index is 10.6. The third-order valence-corrected chi connectivity index (χ3v) is 1.85. The lowest BCUT2D eigenvalue weighted by atomic mass is 10.1. The van der Waals surface area contributed by atoms with Crippen molar-refractivity contribution in [2.75, 3.05) is 0 Å². The highest BCUT2D eigenvalue weighted by Crippen LogP contribution is 2.09. The van der Waals surface area contributed by atoms with Crippen LogP contribution in [-0.4, -0.2) is 22.2 Å². The molecule has 15 heavy (non-hydrogen) atoms. The van der Waals surface area contributed by atoms with E-state index in [0.29, 0.717) is 5.56 Å². The maximum Gasteiger partial charge on any atom is 0.335 e. The summed E-state index contributed by atoms with van der Waals surface area (Å²) in [4.78, 5) is 21.2. The fourth-order valence-electron chi connectivity index (χ4n) is 1.07. The van der Waals surface area contributed by atoms with Crippen LogP contribution in [0.3, 0.4) is 0 Å². The summed E-state index contributed by atoms with van der Waals surface area (Å²) in [5.41, 5.74) is 0.870. The monoisotopic (exact) mass is 206 g/mol. The molecule has 0 unspecified atom stereocenters. The molecule has 1 aromatic rings. The van der Waals surface area contributed by atoms with Crippen molar-refractivity contribution in [3.8, 4) is 0 Å². The van der Waals surface area contributed by atoms with Crippen LogP contribution < -0.4 is 0 Å². The van der Waals surface area contributed by atoms with Gasteiger partial charge in [0.25, 0.3) is 0 Å². The van der Waals surface area contributed by atoms with E-state index >= 15 is 0 Å². The van der Waals surface area contributed by atoms with Gasteiger partial charge in [0.05, 0.1) is 5.56 Å². The second-order valence-corrected chi connectivity index (χ2v) is 3.06. The Labute approximate surface area is 86.5 Å². The molecule has 0 bridgehead atoms. The summed E-state index contributed by atoms with van der Waals surface area (Å²) in [6, 6.07) is 6.11. The third-order valence-electron chi connectivity index (χ3n) is 1.85. The average molecular weight is 206 g/mol. The van der Waals surface area contributed by atoms with Gasteiger partial charge in [0.15, 0.2) is 0 Å². The number of rotatable bonds is 3. The van der Waals surface area contributed by atoms with Gasteiger partial charge in [0.1, 0.15) is 0 Å². The van der Waals surface area contributed by atoms with E-state index in [9.17, 15) is 9.59 Å². The van der Waals surface area contributed by atoms with E-state index in [2.05, 4.69) is 0 Å². The predicted molar refractivity (Wildman–Crippen MR) is 54.7 cm³/mol. The first-order valence-corrected chi connectivity index (χ1v) is 4.25. The highest BCUT2D eigenvalue weighted by atomic mass is 16.4. The largest absolute Gasteiger partial charge is 0.478 e. The van der Waals surface area contributed by atoms with Gasteiger partial charge in [-0.1, -0.05) is 12.1 Å². The van der Waals surface area contributed by atoms with Crippen molar-refractivity contribution in [3.63, 3.8) is 0 Å². The quantitative estimate of drug-likeness (QED) is 0.740. The Kier molecular flexibility index (Phi) is 3.23. The Hall–Kier alpha value is -2.10. The molecule has 0 aliphatic carbocycles. The van der Waals surface area contributed by atoms with Gasteiger partial charge >= 0.3 is 11.9 Å². The fourth-order valence-corrected chi connectivity index (χ4v) is 1.07. The molecular weight excluding hydrogens is 196 g/mol. The van der Waals surface area contributed by atoms with Gasteiger partial charge in [-0.2, -0.15) is 0 Å². The third kappa shape index (κ3) is 2.95. The predicted octanol–water partition coefficient (Wildman–Crippen LogP) is 1.87. The molecule has 0 radical (unpaired) electrons. The normalized spacial score (nSPS) is 11.1. The van der Waals surface area contributed by atoms with Crippen LogP contribution in [0, 0.1) is 0 Å². The topological polar surface area (TPSA) is 74.6 Å². The highest BCUT2D eigenvalue weighted by molar-refractivity contribution is 5.92. The van der Waals surface area contributed by atoms with E-state index in [-0.39, 0.29) is 11.1 Å². The highest BCUT2D eigenvalue weighted by Gasteiger charge is 2.03. The van der Waals surface area contributed by atoms with Crippen molar-refractivity contribution in [2.24, 2.45) is 0 Å². The number of carbonyl (C=O) groups is 2. The summed E-state index contributed by atoms with van der Waals surface area (Å²) >= 11 is 0. The standard InChI is InChI=1S/C11H10O4/c1-7(10(12)13)5-8-3-2-4-9(6-8)11(14)15/h2-6H,1H3,(H,12,13)(H,14,15)/b7-5+. The van der Waals surface area contributed by atoms with Gasteiger partial charge in [-0.3, -0.25) is 0 Å².